The zero-order valence-corrected chi connectivity index (χ0v) is 16.5. The second-order valence-corrected chi connectivity index (χ2v) is 7.81. The summed E-state index contributed by atoms with van der Waals surface area (Å²) < 4.78 is 18.7. The molecule has 2 aliphatic heterocycles. The highest BCUT2D eigenvalue weighted by atomic mass is 19.1. The molecule has 2 amide bonds. The highest BCUT2D eigenvalue weighted by Gasteiger charge is 2.31. The first-order valence-electron chi connectivity index (χ1n) is 10.4. The Morgan fingerprint density at radius 2 is 1.72 bits per heavy atom. The van der Waals surface area contributed by atoms with E-state index in [0.29, 0.717) is 37.6 Å². The Bertz CT molecular complexity index is 850. The smallest absolute Gasteiger partial charge is 0.225 e. The molecule has 7 heteroatoms. The minimum atomic E-state index is -0.301. The van der Waals surface area contributed by atoms with Crippen LogP contribution in [0.1, 0.15) is 38.0 Å². The van der Waals surface area contributed by atoms with Crippen molar-refractivity contribution in [3.63, 3.8) is 0 Å². The SMILES string of the molecule is O=C(CCc1ncc(-c2ccc(F)cc2)o1)N1CCC(C(=O)N2CCCC2)CC1. The van der Waals surface area contributed by atoms with E-state index < -0.39 is 0 Å². The van der Waals surface area contributed by atoms with Crippen molar-refractivity contribution < 1.29 is 18.4 Å². The lowest BCUT2D eigenvalue weighted by atomic mass is 9.95. The van der Waals surface area contributed by atoms with E-state index in [9.17, 15) is 14.0 Å². The molecule has 6 nitrogen and oxygen atoms in total. The number of aromatic nitrogens is 1. The van der Waals surface area contributed by atoms with Crippen LogP contribution in [0.15, 0.2) is 34.9 Å². The second kappa shape index (κ2) is 8.76. The second-order valence-electron chi connectivity index (χ2n) is 7.81. The molecule has 4 rings (SSSR count). The molecule has 154 valence electrons. The quantitative estimate of drug-likeness (QED) is 0.774. The summed E-state index contributed by atoms with van der Waals surface area (Å²) in [5.74, 6) is 1.15. The summed E-state index contributed by atoms with van der Waals surface area (Å²) in [6, 6.07) is 6.02. The van der Waals surface area contributed by atoms with Crippen LogP contribution in [0.4, 0.5) is 4.39 Å². The first kappa shape index (κ1) is 19.6. The van der Waals surface area contributed by atoms with E-state index in [4.69, 9.17) is 4.42 Å². The van der Waals surface area contributed by atoms with Gasteiger partial charge in [0.1, 0.15) is 5.82 Å². The van der Waals surface area contributed by atoms with Gasteiger partial charge in [-0.15, -0.1) is 0 Å². The van der Waals surface area contributed by atoms with Gasteiger partial charge in [0.2, 0.25) is 11.8 Å². The van der Waals surface area contributed by atoms with Gasteiger partial charge in [-0.2, -0.15) is 0 Å². The Morgan fingerprint density at radius 3 is 2.41 bits per heavy atom. The Balaban J connectivity index is 1.24. The molecule has 2 aromatic rings. The molecule has 0 saturated carbocycles. The van der Waals surface area contributed by atoms with E-state index in [1.807, 2.05) is 9.80 Å². The van der Waals surface area contributed by atoms with Crippen molar-refractivity contribution in [1.29, 1.82) is 0 Å². The number of rotatable bonds is 5. The minimum Gasteiger partial charge on any atom is -0.441 e. The lowest BCUT2D eigenvalue weighted by Gasteiger charge is -2.33. The van der Waals surface area contributed by atoms with Crippen molar-refractivity contribution in [2.75, 3.05) is 26.2 Å². The van der Waals surface area contributed by atoms with Crippen LogP contribution in [0.25, 0.3) is 11.3 Å². The number of hydrogen-bond donors (Lipinski definition) is 0. The van der Waals surface area contributed by atoms with E-state index in [2.05, 4.69) is 4.98 Å². The number of carbonyl (C=O) groups excluding carboxylic acids is 2. The van der Waals surface area contributed by atoms with Crippen molar-refractivity contribution in [3.8, 4) is 11.3 Å². The van der Waals surface area contributed by atoms with Crippen molar-refractivity contribution in [2.45, 2.75) is 38.5 Å². The Hall–Kier alpha value is -2.70. The van der Waals surface area contributed by atoms with Gasteiger partial charge < -0.3 is 14.2 Å². The van der Waals surface area contributed by atoms with Crippen LogP contribution in [0, 0.1) is 11.7 Å². The van der Waals surface area contributed by atoms with Crippen molar-refractivity contribution >= 4 is 11.8 Å². The Morgan fingerprint density at radius 1 is 1.03 bits per heavy atom. The molecule has 0 radical (unpaired) electrons. The maximum atomic E-state index is 13.0. The monoisotopic (exact) mass is 399 g/mol. The van der Waals surface area contributed by atoms with Crippen molar-refractivity contribution in [1.82, 2.24) is 14.8 Å². The van der Waals surface area contributed by atoms with Gasteiger partial charge in [-0.05, 0) is 49.9 Å². The van der Waals surface area contributed by atoms with Crippen molar-refractivity contribution in [3.05, 3.63) is 42.2 Å². The van der Waals surface area contributed by atoms with Gasteiger partial charge in [0, 0.05) is 50.5 Å². The van der Waals surface area contributed by atoms with Crippen LogP contribution in [-0.4, -0.2) is 52.8 Å². The normalized spacial score (nSPS) is 17.7. The standard InChI is InChI=1S/C22H26FN3O3/c23-18-5-3-16(4-6-18)19-15-24-20(29-19)7-8-21(27)25-13-9-17(10-14-25)22(28)26-11-1-2-12-26/h3-6,15,17H,1-2,7-14H2. The molecular formula is C22H26FN3O3. The molecular weight excluding hydrogens is 373 g/mol. The summed E-state index contributed by atoms with van der Waals surface area (Å²) in [5, 5.41) is 0. The molecule has 29 heavy (non-hydrogen) atoms. The van der Waals surface area contributed by atoms with Crippen LogP contribution in [0.2, 0.25) is 0 Å². The molecule has 2 aliphatic rings. The molecule has 1 aromatic carbocycles. The van der Waals surface area contributed by atoms with Gasteiger partial charge in [-0.3, -0.25) is 9.59 Å². The van der Waals surface area contributed by atoms with Crippen LogP contribution in [0.5, 0.6) is 0 Å². The summed E-state index contributed by atoms with van der Waals surface area (Å²) in [6.45, 7) is 3.03. The van der Waals surface area contributed by atoms with Crippen LogP contribution < -0.4 is 0 Å². The molecule has 0 spiro atoms. The fraction of sp³-hybridized carbons (Fsp3) is 0.500. The predicted octanol–water partition coefficient (Wildman–Crippen LogP) is 3.27. The first-order chi connectivity index (χ1) is 14.1. The number of oxazole rings is 1. The van der Waals surface area contributed by atoms with Crippen molar-refractivity contribution in [2.24, 2.45) is 5.92 Å². The molecule has 2 fully saturated rings. The lowest BCUT2D eigenvalue weighted by Crippen LogP contribution is -2.43. The number of nitrogens with zero attached hydrogens (tertiary/aromatic N) is 3. The minimum absolute atomic E-state index is 0.0576. The van der Waals surface area contributed by atoms with Gasteiger partial charge in [-0.1, -0.05) is 0 Å². The predicted molar refractivity (Wildman–Crippen MR) is 105 cm³/mol. The van der Waals surface area contributed by atoms with Gasteiger partial charge >= 0.3 is 0 Å². The van der Waals surface area contributed by atoms with E-state index in [-0.39, 0.29) is 23.5 Å². The zero-order chi connectivity index (χ0) is 20.2. The Kier molecular flexibility index (Phi) is 5.92. The van der Waals surface area contributed by atoms with Gasteiger partial charge in [0.25, 0.3) is 0 Å². The molecule has 0 bridgehead atoms. The maximum Gasteiger partial charge on any atom is 0.225 e. The molecule has 0 unspecified atom stereocenters. The summed E-state index contributed by atoms with van der Waals surface area (Å²) >= 11 is 0. The van der Waals surface area contributed by atoms with Crippen LogP contribution in [-0.2, 0) is 16.0 Å². The number of piperidine rings is 1. The number of carbonyl (C=O) groups is 2. The maximum absolute atomic E-state index is 13.0. The fourth-order valence-corrected chi connectivity index (χ4v) is 4.12. The average Bonchev–Trinajstić information content (AvgIpc) is 3.44. The zero-order valence-electron chi connectivity index (χ0n) is 16.5. The van der Waals surface area contributed by atoms with E-state index in [1.165, 1.54) is 12.1 Å². The van der Waals surface area contributed by atoms with Crippen LogP contribution in [0.3, 0.4) is 0 Å². The number of halogens is 1. The summed E-state index contributed by atoms with van der Waals surface area (Å²) in [4.78, 5) is 33.1. The first-order valence-corrected chi connectivity index (χ1v) is 10.4. The topological polar surface area (TPSA) is 66.7 Å². The summed E-state index contributed by atoms with van der Waals surface area (Å²) in [5.41, 5.74) is 0.751. The molecule has 3 heterocycles. The van der Waals surface area contributed by atoms with Gasteiger partial charge in [-0.25, -0.2) is 9.37 Å². The van der Waals surface area contributed by atoms with E-state index >= 15 is 0 Å². The van der Waals surface area contributed by atoms with Gasteiger partial charge in [0.15, 0.2) is 11.7 Å². The third kappa shape index (κ3) is 4.66. The van der Waals surface area contributed by atoms with E-state index in [1.54, 1.807) is 18.3 Å². The summed E-state index contributed by atoms with van der Waals surface area (Å²) in [7, 11) is 0. The molecule has 0 atom stereocenters. The molecule has 0 aliphatic carbocycles. The number of likely N-dealkylation sites (tertiary alicyclic amines) is 2. The molecule has 2 saturated heterocycles. The average molecular weight is 399 g/mol. The Labute approximate surface area is 169 Å². The third-order valence-corrected chi connectivity index (χ3v) is 5.85. The number of hydrogen-bond acceptors (Lipinski definition) is 4. The summed E-state index contributed by atoms with van der Waals surface area (Å²) in [6.07, 6.45) is 6.05. The molecule has 1 aromatic heterocycles. The number of benzene rings is 1. The van der Waals surface area contributed by atoms with Gasteiger partial charge in [0.05, 0.1) is 6.20 Å². The van der Waals surface area contributed by atoms with Crippen LogP contribution >= 0.6 is 0 Å². The van der Waals surface area contributed by atoms with E-state index in [0.717, 1.165) is 44.3 Å². The number of amides is 2. The highest BCUT2D eigenvalue weighted by Crippen LogP contribution is 2.24. The third-order valence-electron chi connectivity index (χ3n) is 5.85. The lowest BCUT2D eigenvalue weighted by molar-refractivity contribution is -0.140. The number of aryl methyl sites for hydroxylation is 1. The highest BCUT2D eigenvalue weighted by molar-refractivity contribution is 5.80. The largest absolute Gasteiger partial charge is 0.441 e. The fourth-order valence-electron chi connectivity index (χ4n) is 4.12. The molecule has 0 N–H and O–H groups in total.